The summed E-state index contributed by atoms with van der Waals surface area (Å²) in [6.45, 7) is 1.63. The molecule has 2 aromatic rings. The molecule has 0 fully saturated rings. The van der Waals surface area contributed by atoms with E-state index >= 15 is 0 Å². The largest absolute Gasteiger partial charge is 0.507 e. The molecule has 0 radical (unpaired) electrons. The van der Waals surface area contributed by atoms with Crippen LogP contribution in [0.3, 0.4) is 0 Å². The van der Waals surface area contributed by atoms with Crippen molar-refractivity contribution in [2.75, 3.05) is 0 Å². The van der Waals surface area contributed by atoms with Gasteiger partial charge >= 0.3 is 0 Å². The molecule has 17 heavy (non-hydrogen) atoms. The number of halogens is 1. The highest BCUT2D eigenvalue weighted by atomic mass is 79.9. The smallest absolute Gasteiger partial charge is 0.129 e. The number of nitrogens with one attached hydrogen (secondary N) is 1. The molecule has 2 nitrogen and oxygen atoms in total. The Hall–Kier alpha value is -1.32. The van der Waals surface area contributed by atoms with Crippen molar-refractivity contribution in [3.8, 4) is 5.75 Å². The number of aromatic hydroxyl groups is 1. The molecule has 0 amide bonds. The average molecular weight is 292 g/mol. The molecular formula is C14H14BrNO. The summed E-state index contributed by atoms with van der Waals surface area (Å²) in [5, 5.41) is 12.7. The standard InChI is InChI=1S/C14H14BrNO/c15-13-8-12(6-7-14(13)17)10-16-9-11-4-2-1-3-5-11/h1-8,16-17H,9-10H2. The third-order valence-electron chi connectivity index (χ3n) is 2.51. The van der Waals surface area contributed by atoms with E-state index in [1.54, 1.807) is 6.07 Å². The Morgan fingerprint density at radius 2 is 1.65 bits per heavy atom. The van der Waals surface area contributed by atoms with Crippen molar-refractivity contribution in [3.63, 3.8) is 0 Å². The SMILES string of the molecule is Oc1ccc(CNCc2ccccc2)cc1Br. The average Bonchev–Trinajstić information content (AvgIpc) is 2.35. The summed E-state index contributed by atoms with van der Waals surface area (Å²) in [5.41, 5.74) is 2.41. The minimum atomic E-state index is 0.275. The summed E-state index contributed by atoms with van der Waals surface area (Å²) in [6.07, 6.45) is 0. The summed E-state index contributed by atoms with van der Waals surface area (Å²) in [5.74, 6) is 0.275. The molecule has 2 N–H and O–H groups in total. The molecule has 0 aliphatic rings. The molecule has 3 heteroatoms. The maximum Gasteiger partial charge on any atom is 0.129 e. The zero-order valence-corrected chi connectivity index (χ0v) is 10.9. The molecule has 0 saturated heterocycles. The maximum absolute atomic E-state index is 9.38. The molecule has 0 unspecified atom stereocenters. The lowest BCUT2D eigenvalue weighted by Crippen LogP contribution is -2.12. The van der Waals surface area contributed by atoms with E-state index in [0.717, 1.165) is 23.1 Å². The molecule has 0 atom stereocenters. The summed E-state index contributed by atoms with van der Waals surface area (Å²) < 4.78 is 0.733. The summed E-state index contributed by atoms with van der Waals surface area (Å²) >= 11 is 3.31. The molecule has 0 saturated carbocycles. The number of phenols is 1. The fourth-order valence-corrected chi connectivity index (χ4v) is 2.03. The Morgan fingerprint density at radius 1 is 0.941 bits per heavy atom. The van der Waals surface area contributed by atoms with Gasteiger partial charge in [-0.05, 0) is 39.2 Å². The minimum Gasteiger partial charge on any atom is -0.507 e. The van der Waals surface area contributed by atoms with Gasteiger partial charge < -0.3 is 10.4 Å². The molecular weight excluding hydrogens is 278 g/mol. The van der Waals surface area contributed by atoms with Crippen LogP contribution in [-0.4, -0.2) is 5.11 Å². The first-order valence-corrected chi connectivity index (χ1v) is 6.27. The third kappa shape index (κ3) is 3.58. The summed E-state index contributed by atoms with van der Waals surface area (Å²) in [4.78, 5) is 0. The van der Waals surface area contributed by atoms with Crippen LogP contribution in [0.25, 0.3) is 0 Å². The lowest BCUT2D eigenvalue weighted by atomic mass is 10.2. The van der Waals surface area contributed by atoms with Crippen molar-refractivity contribution in [1.82, 2.24) is 5.32 Å². The predicted molar refractivity (Wildman–Crippen MR) is 72.8 cm³/mol. The van der Waals surface area contributed by atoms with Gasteiger partial charge in [-0.15, -0.1) is 0 Å². The van der Waals surface area contributed by atoms with Crippen molar-refractivity contribution in [1.29, 1.82) is 0 Å². The van der Waals surface area contributed by atoms with Crippen LogP contribution in [0.2, 0.25) is 0 Å². The molecule has 0 spiro atoms. The highest BCUT2D eigenvalue weighted by molar-refractivity contribution is 9.10. The third-order valence-corrected chi connectivity index (χ3v) is 3.15. The van der Waals surface area contributed by atoms with Crippen molar-refractivity contribution >= 4 is 15.9 Å². The van der Waals surface area contributed by atoms with Crippen LogP contribution in [0.1, 0.15) is 11.1 Å². The van der Waals surface area contributed by atoms with Crippen LogP contribution in [0.15, 0.2) is 53.0 Å². The van der Waals surface area contributed by atoms with Crippen molar-refractivity contribution in [2.45, 2.75) is 13.1 Å². The lowest BCUT2D eigenvalue weighted by molar-refractivity contribution is 0.471. The quantitative estimate of drug-likeness (QED) is 0.904. The molecule has 0 heterocycles. The van der Waals surface area contributed by atoms with Crippen molar-refractivity contribution < 1.29 is 5.11 Å². The number of phenolic OH excluding ortho intramolecular Hbond substituents is 1. The van der Waals surface area contributed by atoms with E-state index in [9.17, 15) is 5.11 Å². The van der Waals surface area contributed by atoms with Crippen LogP contribution in [-0.2, 0) is 13.1 Å². The molecule has 0 bridgehead atoms. The van der Waals surface area contributed by atoms with Gasteiger partial charge in [-0.2, -0.15) is 0 Å². The Bertz CT molecular complexity index is 485. The summed E-state index contributed by atoms with van der Waals surface area (Å²) in [7, 11) is 0. The van der Waals surface area contributed by atoms with Gasteiger partial charge in [0.05, 0.1) is 4.47 Å². The van der Waals surface area contributed by atoms with E-state index in [1.165, 1.54) is 5.56 Å². The van der Waals surface area contributed by atoms with E-state index in [2.05, 4.69) is 33.4 Å². The molecule has 2 aromatic carbocycles. The normalized spacial score (nSPS) is 10.4. The van der Waals surface area contributed by atoms with E-state index in [0.29, 0.717) is 0 Å². The number of benzene rings is 2. The van der Waals surface area contributed by atoms with E-state index < -0.39 is 0 Å². The Kier molecular flexibility index (Phi) is 4.18. The van der Waals surface area contributed by atoms with Gasteiger partial charge in [0.25, 0.3) is 0 Å². The Labute approximate surface area is 109 Å². The molecule has 0 aromatic heterocycles. The second-order valence-corrected chi connectivity index (χ2v) is 4.73. The molecule has 88 valence electrons. The van der Waals surface area contributed by atoms with Gasteiger partial charge in [0.1, 0.15) is 5.75 Å². The van der Waals surface area contributed by atoms with Gasteiger partial charge in [0.2, 0.25) is 0 Å². The summed E-state index contributed by atoms with van der Waals surface area (Å²) in [6, 6.07) is 15.8. The fourth-order valence-electron chi connectivity index (χ4n) is 1.61. The van der Waals surface area contributed by atoms with Crippen molar-refractivity contribution in [3.05, 3.63) is 64.1 Å². The van der Waals surface area contributed by atoms with Crippen LogP contribution in [0.5, 0.6) is 5.75 Å². The van der Waals surface area contributed by atoms with Gasteiger partial charge in [0.15, 0.2) is 0 Å². The topological polar surface area (TPSA) is 32.3 Å². The van der Waals surface area contributed by atoms with Gasteiger partial charge in [-0.3, -0.25) is 0 Å². The lowest BCUT2D eigenvalue weighted by Gasteiger charge is -2.06. The van der Waals surface area contributed by atoms with Gasteiger partial charge in [-0.25, -0.2) is 0 Å². The zero-order chi connectivity index (χ0) is 12.1. The number of rotatable bonds is 4. The van der Waals surface area contributed by atoms with E-state index in [1.807, 2.05) is 30.3 Å². The zero-order valence-electron chi connectivity index (χ0n) is 9.36. The first kappa shape index (κ1) is 12.1. The fraction of sp³-hybridized carbons (Fsp3) is 0.143. The number of hydrogen-bond acceptors (Lipinski definition) is 2. The van der Waals surface area contributed by atoms with Crippen LogP contribution in [0.4, 0.5) is 0 Å². The highest BCUT2D eigenvalue weighted by Crippen LogP contribution is 2.24. The number of hydrogen-bond donors (Lipinski definition) is 2. The first-order chi connectivity index (χ1) is 8.25. The van der Waals surface area contributed by atoms with Crippen LogP contribution >= 0.6 is 15.9 Å². The van der Waals surface area contributed by atoms with Crippen LogP contribution < -0.4 is 5.32 Å². The second-order valence-electron chi connectivity index (χ2n) is 3.87. The Morgan fingerprint density at radius 3 is 2.35 bits per heavy atom. The highest BCUT2D eigenvalue weighted by Gasteiger charge is 1.99. The van der Waals surface area contributed by atoms with E-state index in [4.69, 9.17) is 0 Å². The molecule has 0 aliphatic carbocycles. The maximum atomic E-state index is 9.38. The predicted octanol–water partition coefficient (Wildman–Crippen LogP) is 3.44. The molecule has 0 aliphatic heterocycles. The van der Waals surface area contributed by atoms with Crippen molar-refractivity contribution in [2.24, 2.45) is 0 Å². The monoisotopic (exact) mass is 291 g/mol. The minimum absolute atomic E-state index is 0.275. The van der Waals surface area contributed by atoms with Gasteiger partial charge in [0, 0.05) is 13.1 Å². The second kappa shape index (κ2) is 5.84. The van der Waals surface area contributed by atoms with E-state index in [-0.39, 0.29) is 5.75 Å². The molecule has 2 rings (SSSR count). The Balaban J connectivity index is 1.88. The van der Waals surface area contributed by atoms with Gasteiger partial charge in [-0.1, -0.05) is 36.4 Å². The first-order valence-electron chi connectivity index (χ1n) is 5.48. The van der Waals surface area contributed by atoms with Crippen LogP contribution in [0, 0.1) is 0 Å².